The molecule has 1 unspecified atom stereocenters. The molecule has 94 valence electrons. The summed E-state index contributed by atoms with van der Waals surface area (Å²) in [6.45, 7) is 9.59. The molecule has 0 bridgehead atoms. The van der Waals surface area contributed by atoms with Gasteiger partial charge in [-0.1, -0.05) is 13.8 Å². The second-order valence-electron chi connectivity index (χ2n) is 4.51. The van der Waals surface area contributed by atoms with Crippen molar-refractivity contribution in [3.8, 4) is 0 Å². The lowest BCUT2D eigenvalue weighted by molar-refractivity contribution is -0.131. The van der Waals surface area contributed by atoms with Crippen molar-refractivity contribution < 1.29 is 4.79 Å². The van der Waals surface area contributed by atoms with Gasteiger partial charge in [-0.15, -0.1) is 0 Å². The Morgan fingerprint density at radius 2 is 2.12 bits per heavy atom. The highest BCUT2D eigenvalue weighted by atomic mass is 16.2. The number of nitrogens with one attached hydrogen (secondary N) is 1. The first-order valence-corrected chi connectivity index (χ1v) is 6.35. The van der Waals surface area contributed by atoms with E-state index in [1.54, 1.807) is 0 Å². The maximum absolute atomic E-state index is 12.0. The fourth-order valence-electron chi connectivity index (χ4n) is 2.25. The Bertz CT molecular complexity index is 216. The number of carbonyl (C=O) groups excluding carboxylic acids is 1. The molecule has 16 heavy (non-hydrogen) atoms. The molecule has 4 nitrogen and oxygen atoms in total. The monoisotopic (exact) mass is 227 g/mol. The molecule has 0 aliphatic carbocycles. The molecule has 1 rings (SSSR count). The van der Waals surface area contributed by atoms with Gasteiger partial charge in [0, 0.05) is 13.1 Å². The van der Waals surface area contributed by atoms with E-state index < -0.39 is 0 Å². The first kappa shape index (κ1) is 13.5. The Balaban J connectivity index is 2.33. The van der Waals surface area contributed by atoms with Crippen LogP contribution in [-0.2, 0) is 4.79 Å². The number of likely N-dealkylation sites (tertiary alicyclic amines) is 1. The lowest BCUT2D eigenvalue weighted by atomic mass is 10.1. The predicted octanol–water partition coefficient (Wildman–Crippen LogP) is 0.396. The van der Waals surface area contributed by atoms with Gasteiger partial charge in [-0.05, 0) is 39.0 Å². The normalized spacial score (nSPS) is 20.8. The first-order valence-electron chi connectivity index (χ1n) is 6.35. The Labute approximate surface area is 99.0 Å². The topological polar surface area (TPSA) is 35.6 Å². The quantitative estimate of drug-likeness (QED) is 0.713. The highest BCUT2D eigenvalue weighted by Crippen LogP contribution is 2.15. The van der Waals surface area contributed by atoms with Crippen molar-refractivity contribution in [1.29, 1.82) is 0 Å². The van der Waals surface area contributed by atoms with E-state index in [9.17, 15) is 4.79 Å². The number of likely N-dealkylation sites (N-methyl/N-ethyl adjacent to an activating group) is 1. The summed E-state index contributed by atoms with van der Waals surface area (Å²) in [4.78, 5) is 16.2. The summed E-state index contributed by atoms with van der Waals surface area (Å²) in [6, 6.07) is 0. The molecule has 1 aliphatic heterocycles. The zero-order valence-corrected chi connectivity index (χ0v) is 10.8. The molecular weight excluding hydrogens is 202 g/mol. The smallest absolute Gasteiger partial charge is 0.236 e. The molecule has 0 saturated carbocycles. The van der Waals surface area contributed by atoms with Crippen molar-refractivity contribution in [2.45, 2.75) is 20.3 Å². The van der Waals surface area contributed by atoms with Crippen LogP contribution in [0.5, 0.6) is 0 Å². The molecule has 1 N–H and O–H groups in total. The molecule has 0 spiro atoms. The zero-order chi connectivity index (χ0) is 12.0. The largest absolute Gasteiger partial charge is 0.341 e. The van der Waals surface area contributed by atoms with Crippen molar-refractivity contribution in [2.24, 2.45) is 5.92 Å². The molecular formula is C12H25N3O. The number of nitrogens with zero attached hydrogens (tertiary/aromatic N) is 2. The molecule has 4 heteroatoms. The maximum atomic E-state index is 12.0. The van der Waals surface area contributed by atoms with Gasteiger partial charge in [0.15, 0.2) is 0 Å². The van der Waals surface area contributed by atoms with E-state index in [0.717, 1.165) is 39.1 Å². The van der Waals surface area contributed by atoms with Gasteiger partial charge < -0.3 is 10.2 Å². The van der Waals surface area contributed by atoms with Gasteiger partial charge in [0.1, 0.15) is 0 Å². The van der Waals surface area contributed by atoms with Crippen LogP contribution >= 0.6 is 0 Å². The second kappa shape index (κ2) is 6.86. The number of hydrogen-bond donors (Lipinski definition) is 1. The molecule has 1 fully saturated rings. The molecule has 1 aliphatic rings. The fraction of sp³-hybridized carbons (Fsp3) is 0.917. The van der Waals surface area contributed by atoms with Gasteiger partial charge in [-0.2, -0.15) is 0 Å². The molecule has 1 heterocycles. The average Bonchev–Trinajstić information content (AvgIpc) is 2.74. The predicted molar refractivity (Wildman–Crippen MR) is 66.4 cm³/mol. The number of carbonyl (C=O) groups is 1. The highest BCUT2D eigenvalue weighted by molar-refractivity contribution is 5.78. The lowest BCUT2D eigenvalue weighted by Gasteiger charge is -2.22. The minimum atomic E-state index is 0.294. The van der Waals surface area contributed by atoms with Crippen LogP contribution in [0.2, 0.25) is 0 Å². The lowest BCUT2D eigenvalue weighted by Crippen LogP contribution is -2.39. The molecule has 1 saturated heterocycles. The highest BCUT2D eigenvalue weighted by Gasteiger charge is 2.25. The molecule has 1 amide bonds. The summed E-state index contributed by atoms with van der Waals surface area (Å²) in [5, 5.41) is 3.18. The van der Waals surface area contributed by atoms with E-state index in [-0.39, 0.29) is 0 Å². The minimum Gasteiger partial charge on any atom is -0.341 e. The van der Waals surface area contributed by atoms with Gasteiger partial charge in [-0.3, -0.25) is 9.69 Å². The van der Waals surface area contributed by atoms with E-state index in [1.165, 1.54) is 0 Å². The molecule has 0 radical (unpaired) electrons. The summed E-state index contributed by atoms with van der Waals surface area (Å²) in [6.07, 6.45) is 1.14. The number of amides is 1. The number of hydrogen-bond acceptors (Lipinski definition) is 3. The third kappa shape index (κ3) is 3.76. The van der Waals surface area contributed by atoms with Gasteiger partial charge in [0.25, 0.3) is 0 Å². The van der Waals surface area contributed by atoms with Crippen molar-refractivity contribution >= 4 is 5.91 Å². The maximum Gasteiger partial charge on any atom is 0.236 e. The molecule has 0 aromatic heterocycles. The summed E-state index contributed by atoms with van der Waals surface area (Å²) >= 11 is 0. The Morgan fingerprint density at radius 3 is 2.69 bits per heavy atom. The van der Waals surface area contributed by atoms with E-state index >= 15 is 0 Å². The van der Waals surface area contributed by atoms with Crippen LogP contribution in [0, 0.1) is 5.92 Å². The van der Waals surface area contributed by atoms with Crippen LogP contribution in [0.1, 0.15) is 20.3 Å². The van der Waals surface area contributed by atoms with Crippen LogP contribution in [-0.4, -0.2) is 62.0 Å². The van der Waals surface area contributed by atoms with Crippen LogP contribution in [0.4, 0.5) is 0 Å². The van der Waals surface area contributed by atoms with Crippen LogP contribution in [0.25, 0.3) is 0 Å². The second-order valence-corrected chi connectivity index (χ2v) is 4.51. The van der Waals surface area contributed by atoms with E-state index in [4.69, 9.17) is 0 Å². The van der Waals surface area contributed by atoms with E-state index in [1.807, 2.05) is 11.9 Å². The summed E-state index contributed by atoms with van der Waals surface area (Å²) in [5.74, 6) is 0.938. The van der Waals surface area contributed by atoms with E-state index in [0.29, 0.717) is 18.4 Å². The van der Waals surface area contributed by atoms with Crippen LogP contribution < -0.4 is 5.32 Å². The van der Waals surface area contributed by atoms with Crippen molar-refractivity contribution in [3.63, 3.8) is 0 Å². The Kier molecular flexibility index (Phi) is 5.77. The Hall–Kier alpha value is -0.610. The fourth-order valence-corrected chi connectivity index (χ4v) is 2.25. The van der Waals surface area contributed by atoms with Crippen molar-refractivity contribution in [2.75, 3.05) is 46.3 Å². The zero-order valence-electron chi connectivity index (χ0n) is 10.8. The van der Waals surface area contributed by atoms with Gasteiger partial charge in [0.05, 0.1) is 6.54 Å². The van der Waals surface area contributed by atoms with Crippen molar-refractivity contribution in [3.05, 3.63) is 0 Å². The third-order valence-corrected chi connectivity index (χ3v) is 3.38. The summed E-state index contributed by atoms with van der Waals surface area (Å²) in [7, 11) is 1.97. The van der Waals surface area contributed by atoms with Gasteiger partial charge in [0.2, 0.25) is 5.91 Å². The van der Waals surface area contributed by atoms with Crippen molar-refractivity contribution in [1.82, 2.24) is 15.1 Å². The Morgan fingerprint density at radius 1 is 1.44 bits per heavy atom. The SMILES string of the molecule is CCN(CC)CC(=O)N1CCC(CNC)C1. The van der Waals surface area contributed by atoms with Gasteiger partial charge >= 0.3 is 0 Å². The molecule has 1 atom stereocenters. The summed E-state index contributed by atoms with van der Waals surface area (Å²) in [5.41, 5.74) is 0. The number of rotatable bonds is 6. The van der Waals surface area contributed by atoms with Gasteiger partial charge in [-0.25, -0.2) is 0 Å². The summed E-state index contributed by atoms with van der Waals surface area (Å²) < 4.78 is 0. The van der Waals surface area contributed by atoms with Crippen LogP contribution in [0.3, 0.4) is 0 Å². The molecule has 0 aromatic rings. The first-order chi connectivity index (χ1) is 7.71. The standard InChI is InChI=1S/C12H25N3O/c1-4-14(5-2)10-12(16)15-7-6-11(9-15)8-13-3/h11,13H,4-10H2,1-3H3. The van der Waals surface area contributed by atoms with E-state index in [2.05, 4.69) is 24.1 Å². The van der Waals surface area contributed by atoms with Crippen LogP contribution in [0.15, 0.2) is 0 Å². The third-order valence-electron chi connectivity index (χ3n) is 3.38. The minimum absolute atomic E-state index is 0.294. The average molecular weight is 227 g/mol. The molecule has 0 aromatic carbocycles.